The summed E-state index contributed by atoms with van der Waals surface area (Å²) in [6, 6.07) is 23.7. The minimum Gasteiger partial charge on any atom is -0.340 e. The van der Waals surface area contributed by atoms with Crippen LogP contribution in [0.4, 0.5) is 10.1 Å². The summed E-state index contributed by atoms with van der Waals surface area (Å²) in [6.45, 7) is 1.52. The average Bonchev–Trinajstić information content (AvgIpc) is 3.72. The average molecular weight is 500 g/mol. The van der Waals surface area contributed by atoms with Crippen molar-refractivity contribution in [1.82, 2.24) is 10.6 Å². The highest BCUT2D eigenvalue weighted by molar-refractivity contribution is 6.02. The Hall–Kier alpha value is -3.51. The zero-order valence-electron chi connectivity index (χ0n) is 21.0. The fraction of sp³-hybridized carbons (Fsp3) is 0.355. The van der Waals surface area contributed by atoms with Crippen molar-refractivity contribution in [3.63, 3.8) is 0 Å². The van der Waals surface area contributed by atoms with E-state index in [1.165, 1.54) is 23.3 Å². The van der Waals surface area contributed by atoms with E-state index in [1.807, 2.05) is 53.4 Å². The molecule has 1 fully saturated rings. The first kappa shape index (κ1) is 25.2. The maximum atomic E-state index is 13.7. The predicted molar refractivity (Wildman–Crippen MR) is 144 cm³/mol. The number of nitrogens with zero attached hydrogens (tertiary/aromatic N) is 1. The molecule has 1 saturated carbocycles. The Morgan fingerprint density at radius 2 is 1.70 bits per heavy atom. The maximum Gasteiger partial charge on any atom is 0.251 e. The van der Waals surface area contributed by atoms with Crippen LogP contribution >= 0.6 is 0 Å². The van der Waals surface area contributed by atoms with Crippen molar-refractivity contribution < 1.29 is 14.0 Å². The van der Waals surface area contributed by atoms with Crippen molar-refractivity contribution in [2.45, 2.75) is 56.5 Å². The van der Waals surface area contributed by atoms with Crippen LogP contribution in [0.25, 0.3) is 0 Å². The Balaban J connectivity index is 1.17. The van der Waals surface area contributed by atoms with Gasteiger partial charge in [0.2, 0.25) is 5.91 Å². The number of carbonyl (C=O) groups excluding carboxylic acids is 2. The van der Waals surface area contributed by atoms with Crippen LogP contribution in [-0.2, 0) is 11.2 Å². The summed E-state index contributed by atoms with van der Waals surface area (Å²) in [7, 11) is 0. The van der Waals surface area contributed by atoms with E-state index in [0.29, 0.717) is 30.5 Å². The zero-order chi connectivity index (χ0) is 25.6. The molecular formula is C31H34FN3O2. The van der Waals surface area contributed by atoms with E-state index in [4.69, 9.17) is 0 Å². The van der Waals surface area contributed by atoms with Gasteiger partial charge in [-0.2, -0.15) is 0 Å². The molecule has 1 heterocycles. The summed E-state index contributed by atoms with van der Waals surface area (Å²) >= 11 is 0. The van der Waals surface area contributed by atoms with Crippen molar-refractivity contribution in [2.24, 2.45) is 0 Å². The van der Waals surface area contributed by atoms with Crippen LogP contribution < -0.4 is 15.5 Å². The molecule has 37 heavy (non-hydrogen) atoms. The highest BCUT2D eigenvalue weighted by atomic mass is 19.1. The van der Waals surface area contributed by atoms with Gasteiger partial charge in [-0.1, -0.05) is 48.5 Å². The second kappa shape index (κ2) is 11.7. The third-order valence-electron chi connectivity index (χ3n) is 7.43. The van der Waals surface area contributed by atoms with Crippen LogP contribution in [0.2, 0.25) is 0 Å². The van der Waals surface area contributed by atoms with Crippen LogP contribution in [0.3, 0.4) is 0 Å². The summed E-state index contributed by atoms with van der Waals surface area (Å²) in [6.07, 6.45) is 5.27. The van der Waals surface area contributed by atoms with Crippen molar-refractivity contribution in [1.29, 1.82) is 0 Å². The molecule has 0 radical (unpaired) electrons. The standard InChI is InChI=1S/C31H34FN3O2/c32-25-17-15-22(16-18-25)26-21-28(26)33-19-7-6-13-27(34-30(36)24-10-2-1-3-11-24)31(37)35-20-8-12-23-9-4-5-14-29(23)35/h1-5,9-11,14-18,26-28,33H,6-8,12-13,19-21H2,(H,34,36)/t26-,27+,28+/m1/s1. The second-order valence-corrected chi connectivity index (χ2v) is 10.1. The number of benzene rings is 3. The van der Waals surface area contributed by atoms with E-state index in [-0.39, 0.29) is 17.6 Å². The predicted octanol–water partition coefficient (Wildman–Crippen LogP) is 5.22. The number of amides is 2. The number of nitrogens with one attached hydrogen (secondary N) is 2. The topological polar surface area (TPSA) is 61.4 Å². The molecule has 0 bridgehead atoms. The lowest BCUT2D eigenvalue weighted by molar-refractivity contribution is -0.120. The Kier molecular flexibility index (Phi) is 7.95. The number of unbranched alkanes of at least 4 members (excludes halogenated alkanes) is 1. The number of anilines is 1. The van der Waals surface area contributed by atoms with Gasteiger partial charge < -0.3 is 15.5 Å². The van der Waals surface area contributed by atoms with E-state index in [0.717, 1.165) is 44.3 Å². The summed E-state index contributed by atoms with van der Waals surface area (Å²) in [5, 5.41) is 6.61. The molecule has 2 aliphatic rings. The van der Waals surface area contributed by atoms with Crippen molar-refractivity contribution in [2.75, 3.05) is 18.0 Å². The fourth-order valence-corrected chi connectivity index (χ4v) is 5.30. The lowest BCUT2D eigenvalue weighted by Crippen LogP contribution is -2.50. The van der Waals surface area contributed by atoms with Gasteiger partial charge in [-0.15, -0.1) is 0 Å². The Morgan fingerprint density at radius 3 is 2.51 bits per heavy atom. The molecule has 3 aromatic carbocycles. The SMILES string of the molecule is O=C(N[C@@H](CCCCN[C@H]1C[C@@H]1c1ccc(F)cc1)C(=O)N1CCCc2ccccc21)c1ccccc1. The van der Waals surface area contributed by atoms with Gasteiger partial charge in [0.05, 0.1) is 0 Å². The third-order valence-corrected chi connectivity index (χ3v) is 7.43. The largest absolute Gasteiger partial charge is 0.340 e. The van der Waals surface area contributed by atoms with E-state index in [2.05, 4.69) is 16.7 Å². The van der Waals surface area contributed by atoms with Crippen molar-refractivity contribution in [3.05, 3.63) is 101 Å². The third kappa shape index (κ3) is 6.25. The van der Waals surface area contributed by atoms with Crippen LogP contribution in [-0.4, -0.2) is 37.0 Å². The fourth-order valence-electron chi connectivity index (χ4n) is 5.30. The zero-order valence-corrected chi connectivity index (χ0v) is 21.0. The number of fused-ring (bicyclic) bond motifs is 1. The number of para-hydroxylation sites is 1. The molecule has 3 atom stereocenters. The van der Waals surface area contributed by atoms with E-state index in [9.17, 15) is 14.0 Å². The molecule has 0 unspecified atom stereocenters. The molecule has 2 amide bonds. The Bertz CT molecular complexity index is 1210. The van der Waals surface area contributed by atoms with Crippen LogP contribution in [0.1, 0.15) is 59.5 Å². The Labute approximate surface area is 218 Å². The number of aryl methyl sites for hydroxylation is 1. The molecule has 0 spiro atoms. The molecule has 6 heteroatoms. The van der Waals surface area contributed by atoms with Gasteiger partial charge in [-0.05, 0) is 86.5 Å². The van der Waals surface area contributed by atoms with E-state index >= 15 is 0 Å². The Morgan fingerprint density at radius 1 is 0.946 bits per heavy atom. The number of hydrogen-bond donors (Lipinski definition) is 2. The van der Waals surface area contributed by atoms with Crippen LogP contribution in [0.15, 0.2) is 78.9 Å². The van der Waals surface area contributed by atoms with Gasteiger partial charge in [0, 0.05) is 29.8 Å². The molecule has 2 N–H and O–H groups in total. The van der Waals surface area contributed by atoms with Crippen LogP contribution in [0.5, 0.6) is 0 Å². The molecule has 5 nitrogen and oxygen atoms in total. The summed E-state index contributed by atoms with van der Waals surface area (Å²) in [4.78, 5) is 28.5. The molecule has 3 aromatic rings. The van der Waals surface area contributed by atoms with Gasteiger partial charge >= 0.3 is 0 Å². The van der Waals surface area contributed by atoms with Gasteiger partial charge in [0.15, 0.2) is 0 Å². The van der Waals surface area contributed by atoms with Gasteiger partial charge in [-0.25, -0.2) is 4.39 Å². The van der Waals surface area contributed by atoms with Crippen LogP contribution in [0, 0.1) is 5.82 Å². The molecule has 1 aliphatic carbocycles. The summed E-state index contributed by atoms with van der Waals surface area (Å²) in [5.74, 6) is -0.0184. The number of rotatable bonds is 10. The highest BCUT2D eigenvalue weighted by Crippen LogP contribution is 2.40. The monoisotopic (exact) mass is 499 g/mol. The molecular weight excluding hydrogens is 465 g/mol. The van der Waals surface area contributed by atoms with Gasteiger partial charge in [-0.3, -0.25) is 9.59 Å². The lowest BCUT2D eigenvalue weighted by Gasteiger charge is -2.32. The first-order chi connectivity index (χ1) is 18.1. The second-order valence-electron chi connectivity index (χ2n) is 10.1. The molecule has 0 aromatic heterocycles. The van der Waals surface area contributed by atoms with E-state index < -0.39 is 6.04 Å². The minimum atomic E-state index is -0.577. The molecule has 0 saturated heterocycles. The quantitative estimate of drug-likeness (QED) is 0.376. The molecule has 192 valence electrons. The first-order valence-electron chi connectivity index (χ1n) is 13.3. The van der Waals surface area contributed by atoms with Gasteiger partial charge in [0.1, 0.15) is 11.9 Å². The number of hydrogen-bond acceptors (Lipinski definition) is 3. The number of carbonyl (C=O) groups is 2. The van der Waals surface area contributed by atoms with E-state index in [1.54, 1.807) is 12.1 Å². The lowest BCUT2D eigenvalue weighted by atomic mass is 9.99. The molecule has 1 aliphatic heterocycles. The summed E-state index contributed by atoms with van der Waals surface area (Å²) in [5.41, 5.74) is 3.87. The van der Waals surface area contributed by atoms with Gasteiger partial charge in [0.25, 0.3) is 5.91 Å². The highest BCUT2D eigenvalue weighted by Gasteiger charge is 2.37. The normalized spacial score (nSPS) is 19.1. The first-order valence-corrected chi connectivity index (χ1v) is 13.3. The smallest absolute Gasteiger partial charge is 0.251 e. The minimum absolute atomic E-state index is 0.0389. The van der Waals surface area contributed by atoms with Crippen molar-refractivity contribution in [3.8, 4) is 0 Å². The maximum absolute atomic E-state index is 13.7. The van der Waals surface area contributed by atoms with Crippen molar-refractivity contribution >= 4 is 17.5 Å². The summed E-state index contributed by atoms with van der Waals surface area (Å²) < 4.78 is 13.2. The molecule has 5 rings (SSSR count). The number of halogens is 1.